The lowest BCUT2D eigenvalue weighted by Gasteiger charge is -2.21. The van der Waals surface area contributed by atoms with Crippen LogP contribution in [0.2, 0.25) is 5.02 Å². The van der Waals surface area contributed by atoms with E-state index in [-0.39, 0.29) is 30.0 Å². The fourth-order valence-electron chi connectivity index (χ4n) is 3.31. The predicted octanol–water partition coefficient (Wildman–Crippen LogP) is 3.58. The average molecular weight is 557 g/mol. The largest absolute Gasteiger partial charge is 0.484 e. The summed E-state index contributed by atoms with van der Waals surface area (Å²) in [6.45, 7) is 3.19. The number of halogens is 1. The van der Waals surface area contributed by atoms with E-state index < -0.39 is 22.5 Å². The van der Waals surface area contributed by atoms with Crippen molar-refractivity contribution in [2.45, 2.75) is 31.3 Å². The maximum absolute atomic E-state index is 13.3. The summed E-state index contributed by atoms with van der Waals surface area (Å²) in [5.41, 5.74) is 3.77. The molecule has 0 aliphatic heterocycles. The van der Waals surface area contributed by atoms with Crippen LogP contribution in [0, 0.1) is 0 Å². The lowest BCUT2D eigenvalue weighted by Crippen LogP contribution is -2.39. The van der Waals surface area contributed by atoms with Gasteiger partial charge in [0.25, 0.3) is 11.8 Å². The molecule has 2 amide bonds. The van der Waals surface area contributed by atoms with Crippen LogP contribution in [0.5, 0.6) is 5.75 Å². The molecule has 0 fully saturated rings. The van der Waals surface area contributed by atoms with E-state index in [4.69, 9.17) is 16.3 Å². The van der Waals surface area contributed by atoms with Crippen LogP contribution >= 0.6 is 11.6 Å². The van der Waals surface area contributed by atoms with Crippen molar-refractivity contribution in [3.8, 4) is 5.75 Å². The molecule has 200 valence electrons. The number of benzene rings is 3. The van der Waals surface area contributed by atoms with E-state index in [2.05, 4.69) is 15.8 Å². The van der Waals surface area contributed by atoms with E-state index in [1.165, 1.54) is 30.5 Å². The van der Waals surface area contributed by atoms with Gasteiger partial charge in [-0.2, -0.15) is 9.41 Å². The zero-order valence-electron chi connectivity index (χ0n) is 21.0. The van der Waals surface area contributed by atoms with Crippen LogP contribution in [-0.4, -0.2) is 49.9 Å². The molecule has 0 saturated heterocycles. The summed E-state index contributed by atoms with van der Waals surface area (Å²) in [4.78, 5) is 24.4. The van der Waals surface area contributed by atoms with Gasteiger partial charge in [0, 0.05) is 17.6 Å². The molecule has 0 heterocycles. The van der Waals surface area contributed by atoms with Gasteiger partial charge < -0.3 is 10.1 Å². The van der Waals surface area contributed by atoms with E-state index in [0.29, 0.717) is 16.3 Å². The Hall–Kier alpha value is -3.73. The van der Waals surface area contributed by atoms with Crippen molar-refractivity contribution in [1.29, 1.82) is 0 Å². The first kappa shape index (κ1) is 28.8. The number of nitrogens with zero attached hydrogens (tertiary/aromatic N) is 2. The van der Waals surface area contributed by atoms with Crippen LogP contribution in [0.15, 0.2) is 88.9 Å². The van der Waals surface area contributed by atoms with Gasteiger partial charge in [0.05, 0.1) is 17.7 Å². The number of amides is 2. The molecule has 3 aromatic carbocycles. The third kappa shape index (κ3) is 8.98. The first-order chi connectivity index (χ1) is 18.1. The molecular formula is C27H29ClN4O5S. The maximum Gasteiger partial charge on any atom is 0.258 e. The second kappa shape index (κ2) is 13.7. The zero-order valence-corrected chi connectivity index (χ0v) is 22.6. The summed E-state index contributed by atoms with van der Waals surface area (Å²) in [6.07, 6.45) is 1.42. The van der Waals surface area contributed by atoms with Crippen LogP contribution in [-0.2, 0) is 26.2 Å². The van der Waals surface area contributed by atoms with E-state index >= 15 is 0 Å². The normalized spacial score (nSPS) is 11.6. The maximum atomic E-state index is 13.3. The summed E-state index contributed by atoms with van der Waals surface area (Å²) in [7, 11) is -3.99. The fourth-order valence-corrected chi connectivity index (χ4v) is 4.82. The van der Waals surface area contributed by atoms with Crippen molar-refractivity contribution >= 4 is 39.7 Å². The summed E-state index contributed by atoms with van der Waals surface area (Å²) in [5.74, 6) is -0.312. The van der Waals surface area contributed by atoms with Crippen molar-refractivity contribution in [2.75, 3.05) is 13.2 Å². The first-order valence-corrected chi connectivity index (χ1v) is 13.6. The molecule has 0 spiro atoms. The van der Waals surface area contributed by atoms with Gasteiger partial charge in [0.1, 0.15) is 5.75 Å². The Morgan fingerprint density at radius 3 is 2.26 bits per heavy atom. The Bertz CT molecular complexity index is 1350. The van der Waals surface area contributed by atoms with Gasteiger partial charge in [-0.1, -0.05) is 41.9 Å². The van der Waals surface area contributed by atoms with Crippen molar-refractivity contribution < 1.29 is 22.7 Å². The Morgan fingerprint density at radius 2 is 1.63 bits per heavy atom. The smallest absolute Gasteiger partial charge is 0.258 e. The van der Waals surface area contributed by atoms with Crippen LogP contribution < -0.4 is 15.5 Å². The SMILES string of the molecule is CC(C)NC(=O)COc1ccc(/C=N/NC(=O)CN(Cc2ccccc2)S(=O)(=O)c2ccc(Cl)cc2)cc1. The highest BCUT2D eigenvalue weighted by molar-refractivity contribution is 7.89. The lowest BCUT2D eigenvalue weighted by molar-refractivity contribution is -0.123. The topological polar surface area (TPSA) is 117 Å². The molecule has 3 rings (SSSR count). The highest BCUT2D eigenvalue weighted by atomic mass is 35.5. The van der Waals surface area contributed by atoms with Gasteiger partial charge in [0.2, 0.25) is 10.0 Å². The highest BCUT2D eigenvalue weighted by Crippen LogP contribution is 2.20. The van der Waals surface area contributed by atoms with Gasteiger partial charge in [-0.15, -0.1) is 0 Å². The van der Waals surface area contributed by atoms with Gasteiger partial charge in [0.15, 0.2) is 6.61 Å². The summed E-state index contributed by atoms with van der Waals surface area (Å²) < 4.78 is 33.1. The Balaban J connectivity index is 1.62. The van der Waals surface area contributed by atoms with Gasteiger partial charge in [-0.25, -0.2) is 13.8 Å². The molecule has 0 unspecified atom stereocenters. The number of ether oxygens (including phenoxy) is 1. The number of carbonyl (C=O) groups is 2. The molecule has 9 nitrogen and oxygen atoms in total. The Kier molecular flexibility index (Phi) is 10.4. The molecule has 0 aliphatic carbocycles. The minimum Gasteiger partial charge on any atom is -0.484 e. The van der Waals surface area contributed by atoms with Crippen molar-refractivity contribution in [1.82, 2.24) is 15.0 Å². The molecule has 38 heavy (non-hydrogen) atoms. The second-order valence-electron chi connectivity index (χ2n) is 8.59. The van der Waals surface area contributed by atoms with Crippen LogP contribution in [0.25, 0.3) is 0 Å². The molecule has 0 aliphatic rings. The fraction of sp³-hybridized carbons (Fsp3) is 0.222. The van der Waals surface area contributed by atoms with Gasteiger partial charge in [-0.3, -0.25) is 9.59 Å². The number of nitrogens with one attached hydrogen (secondary N) is 2. The van der Waals surface area contributed by atoms with Crippen LogP contribution in [0.4, 0.5) is 0 Å². The van der Waals surface area contributed by atoms with E-state index in [1.807, 2.05) is 19.9 Å². The quantitative estimate of drug-likeness (QED) is 0.261. The summed E-state index contributed by atoms with van der Waals surface area (Å²) in [6, 6.07) is 21.5. The third-order valence-electron chi connectivity index (χ3n) is 5.08. The molecule has 11 heteroatoms. The van der Waals surface area contributed by atoms with Crippen molar-refractivity contribution in [3.05, 3.63) is 95.0 Å². The number of hydrazone groups is 1. The number of rotatable bonds is 12. The van der Waals surface area contributed by atoms with Crippen molar-refractivity contribution in [2.24, 2.45) is 5.10 Å². The number of hydrogen-bond acceptors (Lipinski definition) is 6. The average Bonchev–Trinajstić information content (AvgIpc) is 2.88. The standard InChI is InChI=1S/C27H29ClN4O5S/c1-20(2)30-27(34)19-37-24-12-8-21(9-13-24)16-29-31-26(33)18-32(17-22-6-4-3-5-7-22)38(35,36)25-14-10-23(28)11-15-25/h3-16,20H,17-19H2,1-2H3,(H,30,34)(H,31,33)/b29-16+. The van der Waals surface area contributed by atoms with Crippen LogP contribution in [0.3, 0.4) is 0 Å². The van der Waals surface area contributed by atoms with E-state index in [1.54, 1.807) is 48.5 Å². The number of sulfonamides is 1. The van der Waals surface area contributed by atoms with Gasteiger partial charge >= 0.3 is 0 Å². The molecule has 0 saturated carbocycles. The minimum atomic E-state index is -3.99. The zero-order chi connectivity index (χ0) is 27.5. The third-order valence-corrected chi connectivity index (χ3v) is 7.13. The Labute approximate surface area is 227 Å². The van der Waals surface area contributed by atoms with E-state index in [0.717, 1.165) is 9.87 Å². The molecule has 2 N–H and O–H groups in total. The molecule has 0 atom stereocenters. The molecular weight excluding hydrogens is 528 g/mol. The summed E-state index contributed by atoms with van der Waals surface area (Å²) in [5, 5.41) is 7.08. The lowest BCUT2D eigenvalue weighted by atomic mass is 10.2. The molecule has 0 aromatic heterocycles. The van der Waals surface area contributed by atoms with Gasteiger partial charge in [-0.05, 0) is 73.5 Å². The summed E-state index contributed by atoms with van der Waals surface area (Å²) >= 11 is 5.90. The highest BCUT2D eigenvalue weighted by Gasteiger charge is 2.27. The molecule has 0 bridgehead atoms. The van der Waals surface area contributed by atoms with Crippen molar-refractivity contribution in [3.63, 3.8) is 0 Å². The van der Waals surface area contributed by atoms with Crippen LogP contribution in [0.1, 0.15) is 25.0 Å². The minimum absolute atomic E-state index is 0.000409. The number of carbonyl (C=O) groups excluding carboxylic acids is 2. The Morgan fingerprint density at radius 1 is 0.974 bits per heavy atom. The first-order valence-electron chi connectivity index (χ1n) is 11.8. The number of hydrogen-bond donors (Lipinski definition) is 2. The second-order valence-corrected chi connectivity index (χ2v) is 11.0. The molecule has 0 radical (unpaired) electrons. The van der Waals surface area contributed by atoms with E-state index in [9.17, 15) is 18.0 Å². The monoisotopic (exact) mass is 556 g/mol. The molecule has 3 aromatic rings. The predicted molar refractivity (Wildman–Crippen MR) is 146 cm³/mol.